The number of hydrogen-bond donors (Lipinski definition) is 0. The van der Waals surface area contributed by atoms with Crippen molar-refractivity contribution in [3.05, 3.63) is 53.6 Å². The zero-order valence-corrected chi connectivity index (χ0v) is 14.3. The van der Waals surface area contributed by atoms with Crippen molar-refractivity contribution in [1.29, 1.82) is 0 Å². The number of hydrogen-bond acceptors (Lipinski definition) is 2. The van der Waals surface area contributed by atoms with E-state index in [0.717, 1.165) is 16.7 Å². The lowest BCUT2D eigenvalue weighted by Gasteiger charge is -2.24. The van der Waals surface area contributed by atoms with Gasteiger partial charge in [0.25, 0.3) is 0 Å². The minimum Gasteiger partial charge on any atom is -0.278 e. The zero-order valence-electron chi connectivity index (χ0n) is 13.6. The maximum Gasteiger partial charge on any atom is 0.229 e. The standard InChI is InChI=1S/C19H22ClNO2/c1-3-5-15(4-2)16-8-6-14(7-9-16)12-17(13-20)21-18(22)10-11-19(21)23/h3-9,17H,10-13H2,1-2H3/b5-3-,15-4+/t17-/m1/s1. The molecule has 0 N–H and O–H groups in total. The fraction of sp³-hybridized carbons (Fsp3) is 0.368. The van der Waals surface area contributed by atoms with Crippen molar-refractivity contribution >= 4 is 29.0 Å². The summed E-state index contributed by atoms with van der Waals surface area (Å²) in [6.07, 6.45) is 7.35. The lowest BCUT2D eigenvalue weighted by Crippen LogP contribution is -2.41. The molecule has 1 aliphatic rings. The summed E-state index contributed by atoms with van der Waals surface area (Å²) in [4.78, 5) is 25.1. The quantitative estimate of drug-likeness (QED) is 0.449. The van der Waals surface area contributed by atoms with Crippen LogP contribution < -0.4 is 0 Å². The minimum atomic E-state index is -0.262. The maximum absolute atomic E-state index is 11.9. The number of halogens is 1. The molecular weight excluding hydrogens is 310 g/mol. The number of carbonyl (C=O) groups excluding carboxylic acids is 2. The molecule has 1 fully saturated rings. The normalized spacial score (nSPS) is 17.3. The molecule has 2 amide bonds. The highest BCUT2D eigenvalue weighted by atomic mass is 35.5. The molecule has 122 valence electrons. The minimum absolute atomic E-state index is 0.110. The lowest BCUT2D eigenvalue weighted by atomic mass is 10.00. The molecule has 0 aromatic heterocycles. The van der Waals surface area contributed by atoms with E-state index in [-0.39, 0.29) is 23.7 Å². The van der Waals surface area contributed by atoms with E-state index in [1.54, 1.807) is 0 Å². The summed E-state index contributed by atoms with van der Waals surface area (Å²) >= 11 is 6.01. The van der Waals surface area contributed by atoms with Crippen LogP contribution in [0.4, 0.5) is 0 Å². The van der Waals surface area contributed by atoms with Crippen molar-refractivity contribution in [3.8, 4) is 0 Å². The van der Waals surface area contributed by atoms with Crippen molar-refractivity contribution in [3.63, 3.8) is 0 Å². The monoisotopic (exact) mass is 331 g/mol. The van der Waals surface area contributed by atoms with Gasteiger partial charge in [0.15, 0.2) is 0 Å². The number of rotatable bonds is 6. The van der Waals surface area contributed by atoms with Crippen LogP contribution in [0.25, 0.3) is 5.57 Å². The molecule has 0 unspecified atom stereocenters. The number of benzene rings is 1. The molecule has 1 atom stereocenters. The zero-order chi connectivity index (χ0) is 16.8. The fourth-order valence-electron chi connectivity index (χ4n) is 2.86. The van der Waals surface area contributed by atoms with Gasteiger partial charge in [-0.15, -0.1) is 11.6 Å². The van der Waals surface area contributed by atoms with Crippen molar-refractivity contribution in [2.45, 2.75) is 39.2 Å². The van der Waals surface area contributed by atoms with Crippen LogP contribution in [-0.4, -0.2) is 28.6 Å². The Morgan fingerprint density at radius 2 is 1.78 bits per heavy atom. The Kier molecular flexibility index (Phi) is 6.17. The van der Waals surface area contributed by atoms with Gasteiger partial charge in [-0.3, -0.25) is 14.5 Å². The molecule has 1 aliphatic heterocycles. The Morgan fingerprint density at radius 1 is 1.17 bits per heavy atom. The Labute approximate surface area is 142 Å². The summed E-state index contributed by atoms with van der Waals surface area (Å²) in [6, 6.07) is 7.93. The molecule has 0 bridgehead atoms. The highest BCUT2D eigenvalue weighted by molar-refractivity contribution is 6.18. The molecule has 0 spiro atoms. The number of carbonyl (C=O) groups is 2. The Morgan fingerprint density at radius 3 is 2.26 bits per heavy atom. The van der Waals surface area contributed by atoms with Crippen molar-refractivity contribution in [1.82, 2.24) is 4.90 Å². The van der Waals surface area contributed by atoms with Crippen molar-refractivity contribution < 1.29 is 9.59 Å². The van der Waals surface area contributed by atoms with Gasteiger partial charge < -0.3 is 0 Å². The topological polar surface area (TPSA) is 37.4 Å². The van der Waals surface area contributed by atoms with Gasteiger partial charge >= 0.3 is 0 Å². The summed E-state index contributed by atoms with van der Waals surface area (Å²) < 4.78 is 0. The van der Waals surface area contributed by atoms with Gasteiger partial charge in [0.2, 0.25) is 11.8 Å². The van der Waals surface area contributed by atoms with Crippen LogP contribution in [0.3, 0.4) is 0 Å². The molecule has 2 rings (SSSR count). The third-order valence-corrected chi connectivity index (χ3v) is 4.41. The number of imide groups is 1. The molecule has 1 aromatic carbocycles. The second kappa shape index (κ2) is 8.11. The van der Waals surface area contributed by atoms with E-state index in [1.165, 1.54) is 4.90 Å². The summed E-state index contributed by atoms with van der Waals surface area (Å²) in [7, 11) is 0. The van der Waals surface area contributed by atoms with Crippen LogP contribution in [0.15, 0.2) is 42.5 Å². The number of likely N-dealkylation sites (tertiary alicyclic amines) is 1. The van der Waals surface area contributed by atoms with Gasteiger partial charge in [-0.2, -0.15) is 0 Å². The Balaban J connectivity index is 2.13. The molecule has 4 heteroatoms. The fourth-order valence-corrected chi connectivity index (χ4v) is 3.11. The second-order valence-electron chi connectivity index (χ2n) is 5.61. The van der Waals surface area contributed by atoms with Gasteiger partial charge in [-0.25, -0.2) is 0 Å². The first-order chi connectivity index (χ1) is 11.1. The SMILES string of the molecule is C/C=C\C(=C/C)c1ccc(C[C@H](CCl)N2C(=O)CCC2=O)cc1. The number of alkyl halides is 1. The van der Waals surface area contributed by atoms with E-state index in [9.17, 15) is 9.59 Å². The molecule has 0 saturated carbocycles. The highest BCUT2D eigenvalue weighted by Crippen LogP contribution is 2.21. The van der Waals surface area contributed by atoms with E-state index < -0.39 is 0 Å². The molecule has 1 saturated heterocycles. The largest absolute Gasteiger partial charge is 0.278 e. The van der Waals surface area contributed by atoms with Crippen molar-refractivity contribution in [2.24, 2.45) is 0 Å². The first kappa shape index (κ1) is 17.5. The Bertz CT molecular complexity index is 615. The average molecular weight is 332 g/mol. The summed E-state index contributed by atoms with van der Waals surface area (Å²) in [5.74, 6) is 0.0425. The van der Waals surface area contributed by atoms with Crippen LogP contribution in [0.2, 0.25) is 0 Å². The van der Waals surface area contributed by atoms with Crippen LogP contribution in [0, 0.1) is 0 Å². The predicted molar refractivity (Wildman–Crippen MR) is 94.2 cm³/mol. The van der Waals surface area contributed by atoms with E-state index >= 15 is 0 Å². The molecular formula is C19H22ClNO2. The maximum atomic E-state index is 11.9. The smallest absolute Gasteiger partial charge is 0.229 e. The molecule has 1 aromatic rings. The first-order valence-corrected chi connectivity index (χ1v) is 8.43. The summed E-state index contributed by atoms with van der Waals surface area (Å²) in [5, 5.41) is 0. The number of allylic oxidation sites excluding steroid dienone is 4. The van der Waals surface area contributed by atoms with Crippen molar-refractivity contribution in [2.75, 3.05) is 5.88 Å². The van der Waals surface area contributed by atoms with Crippen LogP contribution in [-0.2, 0) is 16.0 Å². The average Bonchev–Trinajstić information content (AvgIpc) is 2.90. The molecule has 1 heterocycles. The number of nitrogens with zero attached hydrogens (tertiary/aromatic N) is 1. The third kappa shape index (κ3) is 4.11. The van der Waals surface area contributed by atoms with E-state index in [1.807, 2.05) is 32.1 Å². The van der Waals surface area contributed by atoms with E-state index in [2.05, 4.69) is 24.3 Å². The van der Waals surface area contributed by atoms with Gasteiger partial charge in [-0.05, 0) is 37.0 Å². The van der Waals surface area contributed by atoms with Crippen LogP contribution >= 0.6 is 11.6 Å². The van der Waals surface area contributed by atoms with E-state index in [0.29, 0.717) is 19.3 Å². The van der Waals surface area contributed by atoms with Crippen LogP contribution in [0.5, 0.6) is 0 Å². The molecule has 3 nitrogen and oxygen atoms in total. The summed E-state index contributed by atoms with van der Waals surface area (Å²) in [5.41, 5.74) is 3.38. The number of amides is 2. The van der Waals surface area contributed by atoms with E-state index in [4.69, 9.17) is 11.6 Å². The van der Waals surface area contributed by atoms with Gasteiger partial charge in [0, 0.05) is 18.7 Å². The lowest BCUT2D eigenvalue weighted by molar-refractivity contribution is -0.140. The van der Waals surface area contributed by atoms with Gasteiger partial charge in [0.1, 0.15) is 0 Å². The van der Waals surface area contributed by atoms with Gasteiger partial charge in [-0.1, -0.05) is 42.5 Å². The molecule has 0 aliphatic carbocycles. The third-order valence-electron chi connectivity index (χ3n) is 4.05. The second-order valence-corrected chi connectivity index (χ2v) is 5.92. The molecule has 0 radical (unpaired) electrons. The highest BCUT2D eigenvalue weighted by Gasteiger charge is 2.34. The van der Waals surface area contributed by atoms with Gasteiger partial charge in [0.05, 0.1) is 6.04 Å². The molecule has 23 heavy (non-hydrogen) atoms. The first-order valence-electron chi connectivity index (χ1n) is 7.89. The van der Waals surface area contributed by atoms with Crippen LogP contribution in [0.1, 0.15) is 37.8 Å². The Hall–Kier alpha value is -1.87. The predicted octanol–water partition coefficient (Wildman–Crippen LogP) is 3.96. The summed E-state index contributed by atoms with van der Waals surface area (Å²) in [6.45, 7) is 4.00.